The molecule has 1 aromatic rings. The van der Waals surface area contributed by atoms with Crippen LogP contribution in [0.4, 0.5) is 0 Å². The fourth-order valence-electron chi connectivity index (χ4n) is 0.907. The molecule has 0 saturated heterocycles. The van der Waals surface area contributed by atoms with E-state index < -0.39 is 5.43 Å². The van der Waals surface area contributed by atoms with Gasteiger partial charge in [-0.15, -0.1) is 6.42 Å². The molecule has 0 aliphatic heterocycles. The van der Waals surface area contributed by atoms with Crippen molar-refractivity contribution in [3.63, 3.8) is 0 Å². The van der Waals surface area contributed by atoms with Crippen molar-refractivity contribution in [1.29, 1.82) is 0 Å². The Morgan fingerprint density at radius 3 is 2.69 bits per heavy atom. The zero-order valence-electron chi connectivity index (χ0n) is 6.95. The Hall–Kier alpha value is -2.01. The number of allylic oxidation sites excluding steroid dienone is 1. The van der Waals surface area contributed by atoms with E-state index in [9.17, 15) is 9.90 Å². The van der Waals surface area contributed by atoms with Gasteiger partial charge in [-0.25, -0.2) is 0 Å². The summed E-state index contributed by atoms with van der Waals surface area (Å²) < 4.78 is 0. The van der Waals surface area contributed by atoms with E-state index in [2.05, 4.69) is 12.5 Å². The first kappa shape index (κ1) is 9.08. The van der Waals surface area contributed by atoms with Crippen LogP contribution in [0.1, 0.15) is 5.56 Å². The first-order chi connectivity index (χ1) is 6.16. The van der Waals surface area contributed by atoms with E-state index >= 15 is 0 Å². The number of aromatic hydroxyl groups is 1. The van der Waals surface area contributed by atoms with E-state index in [1.165, 1.54) is 12.1 Å². The lowest BCUT2D eigenvalue weighted by atomic mass is 10.1. The van der Waals surface area contributed by atoms with Gasteiger partial charge in [0.2, 0.25) is 5.43 Å². The van der Waals surface area contributed by atoms with Gasteiger partial charge in [0.05, 0.1) is 0 Å². The summed E-state index contributed by atoms with van der Waals surface area (Å²) in [6.07, 6.45) is 5.10. The van der Waals surface area contributed by atoms with Gasteiger partial charge in [-0.1, -0.05) is 24.6 Å². The molecule has 1 rings (SSSR count). The Balaban J connectivity index is 3.52. The van der Waals surface area contributed by atoms with Crippen molar-refractivity contribution in [3.8, 4) is 18.1 Å². The maximum atomic E-state index is 11.1. The standard InChI is InChI=1S/C11H8O2/c1-3-8(2)9-6-4-5-7-10(12)11(9)13/h1,4-7H,2H2,(H,12,13). The largest absolute Gasteiger partial charge is 0.504 e. The van der Waals surface area contributed by atoms with Crippen LogP contribution in [0.15, 0.2) is 35.6 Å². The number of hydrogen-bond acceptors (Lipinski definition) is 2. The molecule has 0 aliphatic carbocycles. The minimum Gasteiger partial charge on any atom is -0.504 e. The first-order valence-corrected chi connectivity index (χ1v) is 3.65. The van der Waals surface area contributed by atoms with Crippen LogP contribution in [0.25, 0.3) is 5.57 Å². The van der Waals surface area contributed by atoms with Crippen molar-refractivity contribution >= 4 is 5.57 Å². The van der Waals surface area contributed by atoms with Gasteiger partial charge < -0.3 is 5.11 Å². The van der Waals surface area contributed by atoms with Crippen LogP contribution >= 0.6 is 0 Å². The number of hydrogen-bond donors (Lipinski definition) is 1. The van der Waals surface area contributed by atoms with Gasteiger partial charge >= 0.3 is 0 Å². The molecule has 13 heavy (non-hydrogen) atoms. The normalized spacial score (nSPS) is 8.85. The van der Waals surface area contributed by atoms with Crippen LogP contribution in [0, 0.1) is 12.3 Å². The minimum atomic E-state index is -0.462. The maximum Gasteiger partial charge on any atom is 0.220 e. The van der Waals surface area contributed by atoms with Crippen molar-refractivity contribution in [2.45, 2.75) is 0 Å². The van der Waals surface area contributed by atoms with E-state index in [0.29, 0.717) is 11.1 Å². The molecule has 0 fully saturated rings. The summed E-state index contributed by atoms with van der Waals surface area (Å²) in [5, 5.41) is 9.39. The molecule has 0 amide bonds. The topological polar surface area (TPSA) is 37.3 Å². The zero-order chi connectivity index (χ0) is 9.84. The van der Waals surface area contributed by atoms with Crippen LogP contribution in [0.3, 0.4) is 0 Å². The lowest BCUT2D eigenvalue weighted by molar-refractivity contribution is 0.469. The molecule has 0 saturated carbocycles. The summed E-state index contributed by atoms with van der Waals surface area (Å²) in [5.41, 5.74) is 0.139. The Kier molecular flexibility index (Phi) is 2.51. The van der Waals surface area contributed by atoms with E-state index in [0.717, 1.165) is 0 Å². The molecule has 0 spiro atoms. The molecule has 2 heteroatoms. The van der Waals surface area contributed by atoms with Crippen LogP contribution in [0.2, 0.25) is 0 Å². The van der Waals surface area contributed by atoms with Gasteiger partial charge in [-0.2, -0.15) is 0 Å². The van der Waals surface area contributed by atoms with E-state index in [4.69, 9.17) is 6.42 Å². The molecule has 0 heterocycles. The van der Waals surface area contributed by atoms with Gasteiger partial charge in [0.15, 0.2) is 5.75 Å². The summed E-state index contributed by atoms with van der Waals surface area (Å²) >= 11 is 0. The highest BCUT2D eigenvalue weighted by Gasteiger charge is 2.03. The monoisotopic (exact) mass is 172 g/mol. The fourth-order valence-corrected chi connectivity index (χ4v) is 0.907. The van der Waals surface area contributed by atoms with Crippen molar-refractivity contribution in [3.05, 3.63) is 46.6 Å². The smallest absolute Gasteiger partial charge is 0.220 e. The number of terminal acetylenes is 1. The Morgan fingerprint density at radius 2 is 2.08 bits per heavy atom. The lowest BCUT2D eigenvalue weighted by Gasteiger charge is -1.95. The van der Waals surface area contributed by atoms with Gasteiger partial charge in [-0.05, 0) is 12.1 Å². The number of rotatable bonds is 1. The average Bonchev–Trinajstić information content (AvgIpc) is 2.29. The maximum absolute atomic E-state index is 11.1. The molecule has 1 aromatic carbocycles. The average molecular weight is 172 g/mol. The molecule has 0 atom stereocenters. The van der Waals surface area contributed by atoms with Crippen molar-refractivity contribution < 1.29 is 5.11 Å². The highest BCUT2D eigenvalue weighted by Crippen LogP contribution is 2.17. The van der Waals surface area contributed by atoms with Crippen molar-refractivity contribution in [1.82, 2.24) is 0 Å². The highest BCUT2D eigenvalue weighted by molar-refractivity contribution is 5.79. The predicted molar refractivity (Wildman–Crippen MR) is 52.2 cm³/mol. The van der Waals surface area contributed by atoms with E-state index in [1.807, 2.05) is 0 Å². The Labute approximate surface area is 76.2 Å². The molecule has 64 valence electrons. The molecule has 0 bridgehead atoms. The van der Waals surface area contributed by atoms with Crippen LogP contribution < -0.4 is 5.43 Å². The first-order valence-electron chi connectivity index (χ1n) is 3.65. The molecule has 1 N–H and O–H groups in total. The van der Waals surface area contributed by atoms with Crippen LogP contribution in [-0.4, -0.2) is 5.11 Å². The molecule has 0 aromatic heterocycles. The van der Waals surface area contributed by atoms with Crippen LogP contribution in [-0.2, 0) is 0 Å². The third kappa shape index (κ3) is 1.77. The molecule has 0 unspecified atom stereocenters. The van der Waals surface area contributed by atoms with E-state index in [-0.39, 0.29) is 5.75 Å². The summed E-state index contributed by atoms with van der Waals surface area (Å²) in [5.74, 6) is 1.92. The van der Waals surface area contributed by atoms with Crippen LogP contribution in [0.5, 0.6) is 5.75 Å². The Morgan fingerprint density at radius 1 is 1.46 bits per heavy atom. The van der Waals surface area contributed by atoms with Gasteiger partial charge in [0.1, 0.15) is 0 Å². The molecule has 2 nitrogen and oxygen atoms in total. The zero-order valence-corrected chi connectivity index (χ0v) is 6.95. The Bertz CT molecular complexity index is 439. The summed E-state index contributed by atoms with van der Waals surface area (Å²) in [4.78, 5) is 11.1. The fraction of sp³-hybridized carbons (Fsp3) is 0. The minimum absolute atomic E-state index is 0.297. The summed E-state index contributed by atoms with van der Waals surface area (Å²) in [6.45, 7) is 3.54. The molecule has 0 aliphatic rings. The second-order valence-electron chi connectivity index (χ2n) is 2.47. The molecule has 0 radical (unpaired) electrons. The summed E-state index contributed by atoms with van der Waals surface area (Å²) in [7, 11) is 0. The third-order valence-corrected chi connectivity index (χ3v) is 1.61. The van der Waals surface area contributed by atoms with Gasteiger partial charge in [-0.3, -0.25) is 4.79 Å². The highest BCUT2D eigenvalue weighted by atomic mass is 16.3. The lowest BCUT2D eigenvalue weighted by Crippen LogP contribution is -1.95. The molecular weight excluding hydrogens is 164 g/mol. The van der Waals surface area contributed by atoms with E-state index in [1.54, 1.807) is 12.1 Å². The second-order valence-corrected chi connectivity index (χ2v) is 2.47. The van der Waals surface area contributed by atoms with Crippen molar-refractivity contribution in [2.24, 2.45) is 0 Å². The summed E-state index contributed by atoms with van der Waals surface area (Å²) in [6, 6.07) is 5.98. The van der Waals surface area contributed by atoms with Crippen molar-refractivity contribution in [2.75, 3.05) is 0 Å². The van der Waals surface area contributed by atoms with Gasteiger partial charge in [0.25, 0.3) is 0 Å². The second kappa shape index (κ2) is 3.59. The predicted octanol–water partition coefficient (Wildman–Crippen LogP) is 1.40. The third-order valence-electron chi connectivity index (χ3n) is 1.61. The molecular formula is C11H8O2. The van der Waals surface area contributed by atoms with Gasteiger partial charge in [0, 0.05) is 11.1 Å². The SMILES string of the molecule is C#CC(=C)c1ccccc(=O)c1O. The quantitative estimate of drug-likeness (QED) is 0.650.